The first-order valence-corrected chi connectivity index (χ1v) is 6.80. The van der Waals surface area contributed by atoms with E-state index in [4.69, 9.17) is 0 Å². The number of hydrogen-bond acceptors (Lipinski definition) is 3. The number of carboxylic acid groups (broad SMARTS) is 1. The lowest BCUT2D eigenvalue weighted by atomic mass is 10.1. The molecule has 0 saturated heterocycles. The van der Waals surface area contributed by atoms with Crippen LogP contribution in [0.15, 0.2) is 42.7 Å². The Morgan fingerprint density at radius 3 is 2.48 bits per heavy atom. The van der Waals surface area contributed by atoms with Gasteiger partial charge in [0.25, 0.3) is 5.91 Å². The Balaban J connectivity index is 2.28. The molecule has 1 amide bonds. The number of carbonyl (C=O) groups is 2. The number of aliphatic carboxylic acids is 1. The van der Waals surface area contributed by atoms with Crippen LogP contribution in [-0.2, 0) is 11.3 Å². The highest BCUT2D eigenvalue weighted by molar-refractivity contribution is 5.96. The first-order valence-electron chi connectivity index (χ1n) is 6.80. The molecular formula is C15H15F2N3O3. The molecule has 1 aromatic carbocycles. The molecule has 8 heteroatoms. The highest BCUT2D eigenvalue weighted by atomic mass is 19.3. The molecule has 1 aromatic heterocycles. The van der Waals surface area contributed by atoms with Crippen LogP contribution in [0.4, 0.5) is 8.78 Å². The van der Waals surface area contributed by atoms with Crippen LogP contribution in [-0.4, -0.2) is 37.7 Å². The summed E-state index contributed by atoms with van der Waals surface area (Å²) >= 11 is 0. The summed E-state index contributed by atoms with van der Waals surface area (Å²) in [6, 6.07) is 7.70. The Hall–Kier alpha value is -2.77. The van der Waals surface area contributed by atoms with Gasteiger partial charge in [0, 0.05) is 12.7 Å². The van der Waals surface area contributed by atoms with Gasteiger partial charge in [0.1, 0.15) is 6.04 Å². The van der Waals surface area contributed by atoms with Gasteiger partial charge in [-0.05, 0) is 12.5 Å². The SMILES string of the molecule is CC(C(=O)O)N(Cc1ccccc1)C(=O)c1cnn(C(F)F)c1. The summed E-state index contributed by atoms with van der Waals surface area (Å²) in [5.41, 5.74) is 0.643. The third-order valence-corrected chi connectivity index (χ3v) is 3.33. The molecule has 1 atom stereocenters. The number of carboxylic acids is 1. The minimum Gasteiger partial charge on any atom is -0.480 e. The Morgan fingerprint density at radius 1 is 1.30 bits per heavy atom. The van der Waals surface area contributed by atoms with E-state index in [-0.39, 0.29) is 12.1 Å². The molecule has 0 aliphatic heterocycles. The van der Waals surface area contributed by atoms with E-state index in [1.54, 1.807) is 30.3 Å². The van der Waals surface area contributed by atoms with Crippen LogP contribution in [0.3, 0.4) is 0 Å². The average Bonchev–Trinajstić information content (AvgIpc) is 3.02. The second kappa shape index (κ2) is 6.99. The normalized spacial score (nSPS) is 12.2. The lowest BCUT2D eigenvalue weighted by molar-refractivity contribution is -0.141. The zero-order valence-corrected chi connectivity index (χ0v) is 12.3. The fraction of sp³-hybridized carbons (Fsp3) is 0.267. The molecule has 1 N–H and O–H groups in total. The molecule has 0 aliphatic rings. The molecule has 2 rings (SSSR count). The Kier molecular flexibility index (Phi) is 5.05. The third kappa shape index (κ3) is 3.91. The first-order chi connectivity index (χ1) is 10.9. The number of carbonyl (C=O) groups excluding carboxylic acids is 1. The quantitative estimate of drug-likeness (QED) is 0.886. The van der Waals surface area contributed by atoms with Crippen LogP contribution in [0.5, 0.6) is 0 Å². The topological polar surface area (TPSA) is 75.4 Å². The number of aromatic nitrogens is 2. The van der Waals surface area contributed by atoms with Crippen LogP contribution in [0.25, 0.3) is 0 Å². The average molecular weight is 323 g/mol. The number of alkyl halides is 2. The van der Waals surface area contributed by atoms with Gasteiger partial charge in [-0.15, -0.1) is 0 Å². The van der Waals surface area contributed by atoms with Gasteiger partial charge in [-0.25, -0.2) is 9.48 Å². The maximum Gasteiger partial charge on any atom is 0.333 e. The molecule has 0 aliphatic carbocycles. The van der Waals surface area contributed by atoms with E-state index < -0.39 is 24.5 Å². The van der Waals surface area contributed by atoms with E-state index in [2.05, 4.69) is 5.10 Å². The minimum absolute atomic E-state index is 0.0486. The zero-order chi connectivity index (χ0) is 17.0. The summed E-state index contributed by atoms with van der Waals surface area (Å²) < 4.78 is 25.5. The molecule has 0 fully saturated rings. The van der Waals surface area contributed by atoms with Crippen LogP contribution in [0.2, 0.25) is 0 Å². The van der Waals surface area contributed by atoms with Crippen molar-refractivity contribution in [1.82, 2.24) is 14.7 Å². The van der Waals surface area contributed by atoms with Crippen LogP contribution in [0, 0.1) is 0 Å². The highest BCUT2D eigenvalue weighted by Crippen LogP contribution is 2.16. The molecule has 0 radical (unpaired) electrons. The standard InChI is InChI=1S/C15H15F2N3O3/c1-10(14(22)23)19(8-11-5-3-2-4-6-11)13(21)12-7-18-20(9-12)15(16)17/h2-7,9-10,15H,8H2,1H3,(H,22,23). The largest absolute Gasteiger partial charge is 0.480 e. The number of halogens is 2. The van der Waals surface area contributed by atoms with Crippen molar-refractivity contribution in [2.45, 2.75) is 26.1 Å². The number of nitrogens with zero attached hydrogens (tertiary/aromatic N) is 3. The smallest absolute Gasteiger partial charge is 0.333 e. The van der Waals surface area contributed by atoms with E-state index >= 15 is 0 Å². The molecule has 0 bridgehead atoms. The van der Waals surface area contributed by atoms with Gasteiger partial charge >= 0.3 is 12.5 Å². The van der Waals surface area contributed by atoms with Crippen LogP contribution < -0.4 is 0 Å². The van der Waals surface area contributed by atoms with E-state index in [1.807, 2.05) is 0 Å². The van der Waals surface area contributed by atoms with Gasteiger partial charge in [0.05, 0.1) is 11.8 Å². The van der Waals surface area contributed by atoms with Crippen molar-refractivity contribution >= 4 is 11.9 Å². The summed E-state index contributed by atoms with van der Waals surface area (Å²) in [5, 5.41) is 12.6. The molecule has 122 valence electrons. The van der Waals surface area contributed by atoms with Crippen molar-refractivity contribution in [2.75, 3.05) is 0 Å². The van der Waals surface area contributed by atoms with Gasteiger partial charge in [0.2, 0.25) is 0 Å². The summed E-state index contributed by atoms with van der Waals surface area (Å²) in [7, 11) is 0. The molecular weight excluding hydrogens is 308 g/mol. The molecule has 0 spiro atoms. The van der Waals surface area contributed by atoms with Gasteiger partial charge < -0.3 is 10.0 Å². The highest BCUT2D eigenvalue weighted by Gasteiger charge is 2.28. The maximum atomic E-state index is 12.6. The predicted molar refractivity (Wildman–Crippen MR) is 76.9 cm³/mol. The van der Waals surface area contributed by atoms with E-state index in [1.165, 1.54) is 6.92 Å². The second-order valence-corrected chi connectivity index (χ2v) is 4.92. The summed E-state index contributed by atoms with van der Waals surface area (Å²) in [4.78, 5) is 24.8. The molecule has 23 heavy (non-hydrogen) atoms. The number of amides is 1. The molecule has 2 aromatic rings. The second-order valence-electron chi connectivity index (χ2n) is 4.92. The number of hydrogen-bond donors (Lipinski definition) is 1. The van der Waals surface area contributed by atoms with Crippen molar-refractivity contribution in [3.63, 3.8) is 0 Å². The number of benzene rings is 1. The molecule has 0 saturated carbocycles. The van der Waals surface area contributed by atoms with Crippen molar-refractivity contribution < 1.29 is 23.5 Å². The first kappa shape index (κ1) is 16.6. The van der Waals surface area contributed by atoms with Gasteiger partial charge in [0.15, 0.2) is 0 Å². The number of rotatable bonds is 6. The monoisotopic (exact) mass is 323 g/mol. The van der Waals surface area contributed by atoms with E-state index in [0.29, 0.717) is 4.68 Å². The lowest BCUT2D eigenvalue weighted by Crippen LogP contribution is -2.42. The molecule has 1 unspecified atom stereocenters. The van der Waals surface area contributed by atoms with E-state index in [0.717, 1.165) is 22.9 Å². The van der Waals surface area contributed by atoms with Gasteiger partial charge in [-0.2, -0.15) is 13.9 Å². The van der Waals surface area contributed by atoms with Crippen LogP contribution >= 0.6 is 0 Å². The van der Waals surface area contributed by atoms with Gasteiger partial charge in [-0.1, -0.05) is 30.3 Å². The minimum atomic E-state index is -2.86. The fourth-order valence-electron chi connectivity index (χ4n) is 2.02. The van der Waals surface area contributed by atoms with Crippen LogP contribution in [0.1, 0.15) is 29.4 Å². The van der Waals surface area contributed by atoms with E-state index in [9.17, 15) is 23.5 Å². The van der Waals surface area contributed by atoms with Gasteiger partial charge in [-0.3, -0.25) is 4.79 Å². The molecule has 1 heterocycles. The summed E-state index contributed by atoms with van der Waals surface area (Å²) in [6.07, 6.45) is 1.90. The fourth-order valence-corrected chi connectivity index (χ4v) is 2.02. The lowest BCUT2D eigenvalue weighted by Gasteiger charge is -2.26. The summed E-state index contributed by atoms with van der Waals surface area (Å²) in [5.74, 6) is -1.86. The maximum absolute atomic E-state index is 12.6. The Bertz CT molecular complexity index is 688. The predicted octanol–water partition coefficient (Wildman–Crippen LogP) is 2.39. The molecule has 6 nitrogen and oxygen atoms in total. The van der Waals surface area contributed by atoms with Crippen molar-refractivity contribution in [3.05, 3.63) is 53.9 Å². The van der Waals surface area contributed by atoms with Crippen molar-refractivity contribution in [1.29, 1.82) is 0 Å². The zero-order valence-electron chi connectivity index (χ0n) is 12.3. The Morgan fingerprint density at radius 2 is 1.96 bits per heavy atom. The third-order valence-electron chi connectivity index (χ3n) is 3.33. The Labute approximate surface area is 130 Å². The summed E-state index contributed by atoms with van der Waals surface area (Å²) in [6.45, 7) is -1.45. The van der Waals surface area contributed by atoms with Crippen molar-refractivity contribution in [3.8, 4) is 0 Å². The van der Waals surface area contributed by atoms with Crippen molar-refractivity contribution in [2.24, 2.45) is 0 Å².